The maximum absolute atomic E-state index is 5.60. The Bertz CT molecular complexity index is 756. The largest absolute Gasteiger partial charge is 0.478 e. The van der Waals surface area contributed by atoms with E-state index in [-0.39, 0.29) is 24.0 Å². The van der Waals surface area contributed by atoms with Crippen LogP contribution in [0.1, 0.15) is 30.9 Å². The van der Waals surface area contributed by atoms with Crippen LogP contribution in [0.15, 0.2) is 53.7 Å². The van der Waals surface area contributed by atoms with Gasteiger partial charge >= 0.3 is 0 Å². The lowest BCUT2D eigenvalue weighted by atomic mass is 10.2. The summed E-state index contributed by atoms with van der Waals surface area (Å²) in [5.41, 5.74) is 2.40. The SMILES string of the molecule is CCOc1ncccc1CNC(=NC)NCC1CCCN1Cc1ccccc1.I. The normalized spacial score (nSPS) is 16.9. The van der Waals surface area contributed by atoms with E-state index in [1.165, 1.54) is 18.4 Å². The Kier molecular flexibility index (Phi) is 10.2. The average molecular weight is 509 g/mol. The molecule has 1 saturated heterocycles. The third kappa shape index (κ3) is 7.15. The highest BCUT2D eigenvalue weighted by atomic mass is 127. The van der Waals surface area contributed by atoms with Crippen molar-refractivity contribution >= 4 is 29.9 Å². The van der Waals surface area contributed by atoms with E-state index in [1.54, 1.807) is 13.2 Å². The zero-order valence-electron chi connectivity index (χ0n) is 17.3. The van der Waals surface area contributed by atoms with Gasteiger partial charge < -0.3 is 15.4 Å². The Morgan fingerprint density at radius 1 is 1.21 bits per heavy atom. The molecule has 0 amide bonds. The number of halogens is 1. The molecule has 1 atom stereocenters. The highest BCUT2D eigenvalue weighted by molar-refractivity contribution is 14.0. The number of aromatic nitrogens is 1. The first kappa shape index (κ1) is 23.4. The zero-order valence-corrected chi connectivity index (χ0v) is 19.6. The number of likely N-dealkylation sites (tertiary alicyclic amines) is 1. The Labute approximate surface area is 191 Å². The Balaban J connectivity index is 0.00000300. The summed E-state index contributed by atoms with van der Waals surface area (Å²) in [5.74, 6) is 1.48. The van der Waals surface area contributed by atoms with Crippen molar-refractivity contribution < 1.29 is 4.74 Å². The minimum absolute atomic E-state index is 0. The number of rotatable bonds is 8. The number of pyridine rings is 1. The van der Waals surface area contributed by atoms with Crippen molar-refractivity contribution in [3.63, 3.8) is 0 Å². The lowest BCUT2D eigenvalue weighted by molar-refractivity contribution is 0.245. The van der Waals surface area contributed by atoms with Gasteiger partial charge in [-0.3, -0.25) is 9.89 Å². The number of aliphatic imine (C=N–C) groups is 1. The summed E-state index contributed by atoms with van der Waals surface area (Å²) >= 11 is 0. The molecule has 0 aliphatic carbocycles. The summed E-state index contributed by atoms with van der Waals surface area (Å²) in [6.45, 7) is 6.25. The highest BCUT2D eigenvalue weighted by Gasteiger charge is 2.24. The molecule has 1 fully saturated rings. The van der Waals surface area contributed by atoms with E-state index < -0.39 is 0 Å². The highest BCUT2D eigenvalue weighted by Crippen LogP contribution is 2.19. The van der Waals surface area contributed by atoms with Gasteiger partial charge in [-0.1, -0.05) is 36.4 Å². The van der Waals surface area contributed by atoms with E-state index >= 15 is 0 Å². The van der Waals surface area contributed by atoms with E-state index in [0.717, 1.165) is 31.2 Å². The fraction of sp³-hybridized carbons (Fsp3) is 0.455. The van der Waals surface area contributed by atoms with Gasteiger partial charge in [0, 0.05) is 44.5 Å². The number of ether oxygens (including phenoxy) is 1. The van der Waals surface area contributed by atoms with Crippen molar-refractivity contribution in [3.05, 3.63) is 59.8 Å². The van der Waals surface area contributed by atoms with Gasteiger partial charge in [-0.05, 0) is 37.9 Å². The lowest BCUT2D eigenvalue weighted by Crippen LogP contribution is -2.44. The second-order valence-electron chi connectivity index (χ2n) is 6.96. The summed E-state index contributed by atoms with van der Waals surface area (Å²) < 4.78 is 5.60. The number of hydrogen-bond donors (Lipinski definition) is 2. The van der Waals surface area contributed by atoms with Crippen LogP contribution in [0.3, 0.4) is 0 Å². The Morgan fingerprint density at radius 2 is 2.03 bits per heavy atom. The average Bonchev–Trinajstić information content (AvgIpc) is 3.17. The molecule has 0 radical (unpaired) electrons. The summed E-state index contributed by atoms with van der Waals surface area (Å²) in [4.78, 5) is 11.2. The van der Waals surface area contributed by atoms with Crippen LogP contribution in [0.5, 0.6) is 5.88 Å². The van der Waals surface area contributed by atoms with Crippen LogP contribution >= 0.6 is 24.0 Å². The zero-order chi connectivity index (χ0) is 19.6. The molecule has 0 spiro atoms. The van der Waals surface area contributed by atoms with Crippen molar-refractivity contribution in [2.75, 3.05) is 26.7 Å². The number of benzene rings is 1. The van der Waals surface area contributed by atoms with Crippen molar-refractivity contribution in [1.82, 2.24) is 20.5 Å². The number of hydrogen-bond acceptors (Lipinski definition) is 4. The molecule has 0 bridgehead atoms. The van der Waals surface area contributed by atoms with Crippen molar-refractivity contribution in [3.8, 4) is 5.88 Å². The van der Waals surface area contributed by atoms with E-state index in [2.05, 4.69) is 55.8 Å². The minimum Gasteiger partial charge on any atom is -0.478 e. The summed E-state index contributed by atoms with van der Waals surface area (Å²) in [6.07, 6.45) is 4.22. The monoisotopic (exact) mass is 509 g/mol. The van der Waals surface area contributed by atoms with Gasteiger partial charge in [-0.15, -0.1) is 24.0 Å². The topological polar surface area (TPSA) is 61.8 Å². The van der Waals surface area contributed by atoms with Crippen LogP contribution in [0.4, 0.5) is 0 Å². The molecule has 0 saturated carbocycles. The third-order valence-corrected chi connectivity index (χ3v) is 5.03. The molecule has 3 rings (SSSR count). The van der Waals surface area contributed by atoms with Crippen LogP contribution in [0.2, 0.25) is 0 Å². The maximum atomic E-state index is 5.60. The second kappa shape index (κ2) is 12.6. The van der Waals surface area contributed by atoms with Gasteiger partial charge in [0.05, 0.1) is 6.61 Å². The standard InChI is InChI=1S/C22H31N5O.HI/c1-3-28-21-19(11-7-13-24-21)15-25-22(23-2)26-16-20-12-8-14-27(20)17-18-9-5-4-6-10-18;/h4-7,9-11,13,20H,3,8,12,14-17H2,1-2H3,(H2,23,25,26);1H. The minimum atomic E-state index is 0. The Morgan fingerprint density at radius 3 is 2.79 bits per heavy atom. The first-order valence-electron chi connectivity index (χ1n) is 10.1. The van der Waals surface area contributed by atoms with E-state index in [1.807, 2.05) is 19.1 Å². The van der Waals surface area contributed by atoms with Gasteiger partial charge in [0.2, 0.25) is 5.88 Å². The molecule has 158 valence electrons. The van der Waals surface area contributed by atoms with Gasteiger partial charge in [0.25, 0.3) is 0 Å². The van der Waals surface area contributed by atoms with Crippen LogP contribution < -0.4 is 15.4 Å². The molecule has 1 aliphatic heterocycles. The van der Waals surface area contributed by atoms with Crippen molar-refractivity contribution in [2.45, 2.75) is 38.9 Å². The molecule has 6 nitrogen and oxygen atoms in total. The van der Waals surface area contributed by atoms with Crippen LogP contribution in [-0.4, -0.2) is 48.6 Å². The molecule has 1 aliphatic rings. The molecule has 2 N–H and O–H groups in total. The number of nitrogens with one attached hydrogen (secondary N) is 2. The van der Waals surface area contributed by atoms with E-state index in [9.17, 15) is 0 Å². The van der Waals surface area contributed by atoms with Gasteiger partial charge in [-0.25, -0.2) is 4.98 Å². The number of nitrogens with zero attached hydrogens (tertiary/aromatic N) is 3. The first-order chi connectivity index (χ1) is 13.8. The number of guanidine groups is 1. The quantitative estimate of drug-likeness (QED) is 0.325. The summed E-state index contributed by atoms with van der Waals surface area (Å²) in [7, 11) is 1.80. The first-order valence-corrected chi connectivity index (χ1v) is 10.1. The molecule has 7 heteroatoms. The lowest BCUT2D eigenvalue weighted by Gasteiger charge is -2.25. The molecule has 1 aromatic carbocycles. The van der Waals surface area contributed by atoms with Gasteiger partial charge in [0.15, 0.2) is 5.96 Å². The van der Waals surface area contributed by atoms with Crippen molar-refractivity contribution in [1.29, 1.82) is 0 Å². The molecule has 1 aromatic heterocycles. The van der Waals surface area contributed by atoms with Gasteiger partial charge in [-0.2, -0.15) is 0 Å². The van der Waals surface area contributed by atoms with E-state index in [4.69, 9.17) is 4.74 Å². The molecular formula is C22H32IN5O. The fourth-order valence-electron chi connectivity index (χ4n) is 3.59. The van der Waals surface area contributed by atoms with Gasteiger partial charge in [0.1, 0.15) is 0 Å². The molecule has 1 unspecified atom stereocenters. The van der Waals surface area contributed by atoms with E-state index in [0.29, 0.717) is 25.1 Å². The summed E-state index contributed by atoms with van der Waals surface area (Å²) in [5, 5.41) is 6.86. The molecule has 2 heterocycles. The van der Waals surface area contributed by atoms with Crippen LogP contribution in [0, 0.1) is 0 Å². The van der Waals surface area contributed by atoms with Crippen LogP contribution in [-0.2, 0) is 13.1 Å². The van der Waals surface area contributed by atoms with Crippen LogP contribution in [0.25, 0.3) is 0 Å². The predicted molar refractivity (Wildman–Crippen MR) is 129 cm³/mol. The Hall–Kier alpha value is -1.87. The third-order valence-electron chi connectivity index (χ3n) is 5.03. The second-order valence-corrected chi connectivity index (χ2v) is 6.96. The molecule has 2 aromatic rings. The molecular weight excluding hydrogens is 477 g/mol. The van der Waals surface area contributed by atoms with Crippen molar-refractivity contribution in [2.24, 2.45) is 4.99 Å². The smallest absolute Gasteiger partial charge is 0.218 e. The summed E-state index contributed by atoms with van der Waals surface area (Å²) in [6, 6.07) is 15.2. The fourth-order valence-corrected chi connectivity index (χ4v) is 3.59. The molecule has 29 heavy (non-hydrogen) atoms. The predicted octanol–water partition coefficient (Wildman–Crippen LogP) is 3.43. The maximum Gasteiger partial charge on any atom is 0.218 e.